The van der Waals surface area contributed by atoms with Crippen LogP contribution in [0.3, 0.4) is 0 Å². The number of morpholine rings is 1. The van der Waals surface area contributed by atoms with Gasteiger partial charge < -0.3 is 14.6 Å². The van der Waals surface area contributed by atoms with E-state index in [2.05, 4.69) is 14.9 Å². The number of anilines is 1. The lowest BCUT2D eigenvalue weighted by molar-refractivity contribution is -0.113. The number of aryl methyl sites for hydroxylation is 1. The number of sulfonamides is 1. The molecule has 2 heterocycles. The maximum Gasteiger partial charge on any atom is 0.243 e. The molecule has 1 aliphatic heterocycles. The molecule has 0 atom stereocenters. The molecule has 156 valence electrons. The Balaban J connectivity index is 1.43. The highest BCUT2D eigenvalue weighted by molar-refractivity contribution is 7.99. The Hall–Kier alpha value is -1.88. The average molecular weight is 437 g/mol. The molecule has 29 heavy (non-hydrogen) atoms. The van der Waals surface area contributed by atoms with Gasteiger partial charge in [0.05, 0.1) is 23.9 Å². The van der Waals surface area contributed by atoms with Gasteiger partial charge in [-0.15, -0.1) is 0 Å². The van der Waals surface area contributed by atoms with Gasteiger partial charge >= 0.3 is 0 Å². The number of ether oxygens (including phenoxy) is 1. The van der Waals surface area contributed by atoms with E-state index in [4.69, 9.17) is 4.74 Å². The van der Waals surface area contributed by atoms with Crippen LogP contribution in [0.2, 0.25) is 0 Å². The molecule has 1 aromatic heterocycles. The third kappa shape index (κ3) is 4.66. The highest BCUT2D eigenvalue weighted by Crippen LogP contribution is 2.37. The second-order valence-corrected chi connectivity index (χ2v) is 10.1. The van der Waals surface area contributed by atoms with E-state index in [0.29, 0.717) is 38.0 Å². The van der Waals surface area contributed by atoms with Crippen molar-refractivity contribution in [1.82, 2.24) is 13.9 Å². The monoisotopic (exact) mass is 436 g/mol. The van der Waals surface area contributed by atoms with Crippen molar-refractivity contribution in [2.45, 2.75) is 35.9 Å². The van der Waals surface area contributed by atoms with Gasteiger partial charge in [-0.25, -0.2) is 13.4 Å². The van der Waals surface area contributed by atoms with Crippen LogP contribution < -0.4 is 5.32 Å². The van der Waals surface area contributed by atoms with Crippen molar-refractivity contribution in [2.24, 2.45) is 0 Å². The largest absolute Gasteiger partial charge is 0.379 e. The third-order valence-corrected chi connectivity index (χ3v) is 7.87. The quantitative estimate of drug-likeness (QED) is 0.670. The van der Waals surface area contributed by atoms with E-state index in [1.54, 1.807) is 18.3 Å². The maximum absolute atomic E-state index is 12.9. The van der Waals surface area contributed by atoms with Crippen LogP contribution in [0.5, 0.6) is 0 Å². The molecule has 1 N–H and O–H groups in total. The maximum atomic E-state index is 12.9. The number of aromatic nitrogens is 2. The zero-order valence-corrected chi connectivity index (χ0v) is 17.8. The fraction of sp³-hybridized carbons (Fsp3) is 0.474. The summed E-state index contributed by atoms with van der Waals surface area (Å²) in [5, 5.41) is 3.68. The molecule has 0 spiro atoms. The van der Waals surface area contributed by atoms with Gasteiger partial charge in [-0.3, -0.25) is 4.79 Å². The molecule has 0 bridgehead atoms. The summed E-state index contributed by atoms with van der Waals surface area (Å²) in [6, 6.07) is 5.34. The summed E-state index contributed by atoms with van der Waals surface area (Å²) in [7, 11) is -3.61. The Morgan fingerprint density at radius 2 is 2.07 bits per heavy atom. The van der Waals surface area contributed by atoms with Gasteiger partial charge in [0.2, 0.25) is 15.9 Å². The van der Waals surface area contributed by atoms with E-state index < -0.39 is 10.0 Å². The van der Waals surface area contributed by atoms with Crippen molar-refractivity contribution in [3.63, 3.8) is 0 Å². The molecular formula is C19H24N4O4S2. The first-order valence-electron chi connectivity index (χ1n) is 9.59. The number of rotatable bonds is 7. The number of imidazole rings is 1. The topological polar surface area (TPSA) is 93.5 Å². The summed E-state index contributed by atoms with van der Waals surface area (Å²) in [6.07, 6.45) is 6.00. The lowest BCUT2D eigenvalue weighted by atomic mass is 10.2. The SMILES string of the molecule is Cc1ccc(S(=O)(=O)N2CCOCC2)cc1NC(=O)CSc1nccn1C1CC1. The standard InChI is InChI=1S/C19H24N4O4S2/c1-14-2-5-16(29(25,26)22-8-10-27-11-9-22)12-17(14)21-18(24)13-28-19-20-6-7-23(19)15-3-4-15/h2,5-7,12,15H,3-4,8-11,13H2,1H3,(H,21,24). The molecule has 2 aromatic rings. The summed E-state index contributed by atoms with van der Waals surface area (Å²) >= 11 is 1.39. The van der Waals surface area contributed by atoms with Crippen molar-refractivity contribution < 1.29 is 17.9 Å². The van der Waals surface area contributed by atoms with E-state index >= 15 is 0 Å². The van der Waals surface area contributed by atoms with Crippen LogP contribution in [0.1, 0.15) is 24.4 Å². The predicted octanol–water partition coefficient (Wildman–Crippen LogP) is 2.28. The highest BCUT2D eigenvalue weighted by atomic mass is 32.2. The van der Waals surface area contributed by atoms with Crippen molar-refractivity contribution in [3.8, 4) is 0 Å². The molecule has 4 rings (SSSR count). The van der Waals surface area contributed by atoms with Crippen LogP contribution in [0.4, 0.5) is 5.69 Å². The second-order valence-electron chi connectivity index (χ2n) is 7.18. The molecule has 2 fully saturated rings. The van der Waals surface area contributed by atoms with E-state index in [0.717, 1.165) is 23.6 Å². The number of carbonyl (C=O) groups excluding carboxylic acids is 1. The van der Waals surface area contributed by atoms with Crippen LogP contribution in [-0.4, -0.2) is 60.2 Å². The van der Waals surface area contributed by atoms with Gasteiger partial charge in [0.25, 0.3) is 0 Å². The van der Waals surface area contributed by atoms with Crippen LogP contribution in [0, 0.1) is 6.92 Å². The summed E-state index contributed by atoms with van der Waals surface area (Å²) in [6.45, 7) is 3.29. The van der Waals surface area contributed by atoms with Gasteiger partial charge in [-0.1, -0.05) is 17.8 Å². The zero-order chi connectivity index (χ0) is 20.4. The Bertz CT molecular complexity index is 995. The summed E-state index contributed by atoms with van der Waals surface area (Å²) < 4.78 is 34.5. The van der Waals surface area contributed by atoms with Crippen molar-refractivity contribution in [1.29, 1.82) is 0 Å². The fourth-order valence-electron chi connectivity index (χ4n) is 3.19. The summed E-state index contributed by atoms with van der Waals surface area (Å²) in [5.74, 6) is 0.0215. The van der Waals surface area contributed by atoms with Gasteiger partial charge in [-0.2, -0.15) is 4.31 Å². The van der Waals surface area contributed by atoms with Crippen LogP contribution >= 0.6 is 11.8 Å². The Morgan fingerprint density at radius 3 is 2.79 bits per heavy atom. The molecule has 0 radical (unpaired) electrons. The first kappa shape index (κ1) is 20.4. The Morgan fingerprint density at radius 1 is 1.31 bits per heavy atom. The van der Waals surface area contributed by atoms with E-state index in [9.17, 15) is 13.2 Å². The molecular weight excluding hydrogens is 412 g/mol. The minimum atomic E-state index is -3.61. The van der Waals surface area contributed by atoms with Crippen molar-refractivity contribution in [2.75, 3.05) is 37.4 Å². The normalized spacial score (nSPS) is 18.0. The molecule has 2 aliphatic rings. The Kier molecular flexibility index (Phi) is 5.95. The minimum Gasteiger partial charge on any atom is -0.379 e. The smallest absolute Gasteiger partial charge is 0.243 e. The third-order valence-electron chi connectivity index (χ3n) is 5.00. The lowest BCUT2D eigenvalue weighted by Crippen LogP contribution is -2.40. The number of nitrogens with zero attached hydrogens (tertiary/aromatic N) is 3. The molecule has 0 unspecified atom stereocenters. The summed E-state index contributed by atoms with van der Waals surface area (Å²) in [4.78, 5) is 17.0. The molecule has 8 nitrogen and oxygen atoms in total. The highest BCUT2D eigenvalue weighted by Gasteiger charge is 2.27. The minimum absolute atomic E-state index is 0.178. The fourth-order valence-corrected chi connectivity index (χ4v) is 5.45. The number of hydrogen-bond acceptors (Lipinski definition) is 6. The van der Waals surface area contributed by atoms with Gasteiger partial charge in [0.15, 0.2) is 5.16 Å². The van der Waals surface area contributed by atoms with Gasteiger partial charge in [0.1, 0.15) is 0 Å². The summed E-state index contributed by atoms with van der Waals surface area (Å²) in [5.41, 5.74) is 1.32. The lowest BCUT2D eigenvalue weighted by Gasteiger charge is -2.26. The molecule has 1 saturated carbocycles. The van der Waals surface area contributed by atoms with Crippen LogP contribution in [0.15, 0.2) is 40.6 Å². The average Bonchev–Trinajstić information content (AvgIpc) is 3.46. The first-order chi connectivity index (χ1) is 13.9. The van der Waals surface area contributed by atoms with E-state index in [1.807, 2.05) is 13.1 Å². The number of nitrogens with one attached hydrogen (secondary N) is 1. The molecule has 10 heteroatoms. The number of amides is 1. The predicted molar refractivity (Wildman–Crippen MR) is 111 cm³/mol. The zero-order valence-electron chi connectivity index (χ0n) is 16.2. The first-order valence-corrected chi connectivity index (χ1v) is 12.0. The molecule has 1 aromatic carbocycles. The number of benzene rings is 1. The molecule has 1 amide bonds. The van der Waals surface area contributed by atoms with Crippen LogP contribution in [-0.2, 0) is 19.6 Å². The Labute approximate surface area is 174 Å². The van der Waals surface area contributed by atoms with Gasteiger partial charge in [0, 0.05) is 37.2 Å². The second kappa shape index (κ2) is 8.47. The van der Waals surface area contributed by atoms with Crippen molar-refractivity contribution >= 4 is 33.4 Å². The number of thioether (sulfide) groups is 1. The van der Waals surface area contributed by atoms with E-state index in [-0.39, 0.29) is 16.6 Å². The van der Waals surface area contributed by atoms with Gasteiger partial charge in [-0.05, 0) is 37.5 Å². The van der Waals surface area contributed by atoms with Crippen molar-refractivity contribution in [3.05, 3.63) is 36.2 Å². The number of carbonyl (C=O) groups is 1. The molecule has 1 saturated heterocycles. The van der Waals surface area contributed by atoms with Crippen LogP contribution in [0.25, 0.3) is 0 Å². The number of hydrogen-bond donors (Lipinski definition) is 1. The molecule has 1 aliphatic carbocycles. The van der Waals surface area contributed by atoms with E-state index in [1.165, 1.54) is 22.1 Å².